The van der Waals surface area contributed by atoms with E-state index in [1.54, 1.807) is 60.7 Å². The van der Waals surface area contributed by atoms with Gasteiger partial charge in [-0.2, -0.15) is 9.78 Å². The SMILES string of the molecule is O=C(Nc1ccc(-c2cc(C3CCC3)n(C(=O)NCc3ccccc3F)n2)c(O)c1)c1ccc(Cl)cc1. The first-order valence-corrected chi connectivity index (χ1v) is 12.3. The summed E-state index contributed by atoms with van der Waals surface area (Å²) in [6, 6.07) is 18.8. The molecule has 4 aromatic rings. The molecular weight excluding hydrogens is 495 g/mol. The number of rotatable bonds is 6. The fraction of sp³-hybridized carbons (Fsp3) is 0.179. The summed E-state index contributed by atoms with van der Waals surface area (Å²) in [6.07, 6.45) is 2.94. The first-order chi connectivity index (χ1) is 17.9. The summed E-state index contributed by atoms with van der Waals surface area (Å²) in [5.74, 6) is -0.644. The van der Waals surface area contributed by atoms with E-state index in [1.807, 2.05) is 0 Å². The van der Waals surface area contributed by atoms with Gasteiger partial charge >= 0.3 is 6.03 Å². The van der Waals surface area contributed by atoms with Gasteiger partial charge in [-0.05, 0) is 61.4 Å². The molecule has 1 aliphatic carbocycles. The van der Waals surface area contributed by atoms with Gasteiger partial charge in [-0.1, -0.05) is 36.2 Å². The molecular formula is C28H24ClFN4O3. The number of nitrogens with zero attached hydrogens (tertiary/aromatic N) is 2. The fourth-order valence-corrected chi connectivity index (χ4v) is 4.33. The molecule has 0 atom stereocenters. The van der Waals surface area contributed by atoms with Crippen LogP contribution in [-0.2, 0) is 6.54 Å². The van der Waals surface area contributed by atoms with Gasteiger partial charge in [0.05, 0.1) is 11.4 Å². The van der Waals surface area contributed by atoms with Gasteiger partial charge in [-0.3, -0.25) is 4.79 Å². The van der Waals surface area contributed by atoms with Crippen LogP contribution in [0.4, 0.5) is 14.9 Å². The number of halogens is 2. The Morgan fingerprint density at radius 2 is 1.81 bits per heavy atom. The van der Waals surface area contributed by atoms with Crippen molar-refractivity contribution in [2.75, 3.05) is 5.32 Å². The van der Waals surface area contributed by atoms with E-state index in [2.05, 4.69) is 15.7 Å². The van der Waals surface area contributed by atoms with Crippen LogP contribution in [-0.4, -0.2) is 26.8 Å². The minimum absolute atomic E-state index is 0.0259. The van der Waals surface area contributed by atoms with Crippen LogP contribution in [0.1, 0.15) is 46.8 Å². The van der Waals surface area contributed by atoms with Crippen molar-refractivity contribution < 1.29 is 19.1 Å². The smallest absolute Gasteiger partial charge is 0.342 e. The second-order valence-corrected chi connectivity index (χ2v) is 9.37. The minimum Gasteiger partial charge on any atom is -0.507 e. The van der Waals surface area contributed by atoms with Crippen molar-refractivity contribution in [1.82, 2.24) is 15.1 Å². The molecule has 0 unspecified atom stereocenters. The minimum atomic E-state index is -0.470. The summed E-state index contributed by atoms with van der Waals surface area (Å²) in [6.45, 7) is 0.0259. The lowest BCUT2D eigenvalue weighted by Gasteiger charge is -2.25. The van der Waals surface area contributed by atoms with Crippen LogP contribution in [0.5, 0.6) is 5.75 Å². The van der Waals surface area contributed by atoms with Crippen LogP contribution in [0, 0.1) is 5.82 Å². The van der Waals surface area contributed by atoms with Crippen molar-refractivity contribution in [2.45, 2.75) is 31.7 Å². The Kier molecular flexibility index (Phi) is 6.92. The number of benzene rings is 3. The molecule has 0 aliphatic heterocycles. The third-order valence-corrected chi connectivity index (χ3v) is 6.73. The normalized spacial score (nSPS) is 13.1. The lowest BCUT2D eigenvalue weighted by molar-refractivity contribution is 0.102. The van der Waals surface area contributed by atoms with Crippen molar-refractivity contribution in [3.05, 3.63) is 100 Å². The fourth-order valence-electron chi connectivity index (χ4n) is 4.20. The van der Waals surface area contributed by atoms with E-state index >= 15 is 0 Å². The molecule has 0 bridgehead atoms. The highest BCUT2D eigenvalue weighted by Gasteiger charge is 2.27. The highest BCUT2D eigenvalue weighted by molar-refractivity contribution is 6.30. The molecule has 37 heavy (non-hydrogen) atoms. The largest absolute Gasteiger partial charge is 0.507 e. The summed E-state index contributed by atoms with van der Waals surface area (Å²) >= 11 is 5.88. The number of aromatic hydroxyl groups is 1. The zero-order chi connectivity index (χ0) is 25.9. The molecule has 2 amide bonds. The second kappa shape index (κ2) is 10.4. The average molecular weight is 519 g/mol. The lowest BCUT2D eigenvalue weighted by Crippen LogP contribution is -2.31. The molecule has 188 valence electrons. The van der Waals surface area contributed by atoms with Crippen molar-refractivity contribution in [3.63, 3.8) is 0 Å². The molecule has 0 saturated heterocycles. The molecule has 0 spiro atoms. The number of phenols is 1. The number of nitrogens with one attached hydrogen (secondary N) is 2. The highest BCUT2D eigenvalue weighted by atomic mass is 35.5. The summed E-state index contributed by atoms with van der Waals surface area (Å²) in [5, 5.41) is 21.2. The number of carbonyl (C=O) groups excluding carboxylic acids is 2. The number of phenolic OH excluding ortho intramolecular Hbond substituents is 1. The van der Waals surface area contributed by atoms with Crippen LogP contribution < -0.4 is 10.6 Å². The molecule has 3 N–H and O–H groups in total. The topological polar surface area (TPSA) is 96.3 Å². The monoisotopic (exact) mass is 518 g/mol. The molecule has 7 nitrogen and oxygen atoms in total. The molecule has 1 saturated carbocycles. The van der Waals surface area contributed by atoms with Crippen LogP contribution >= 0.6 is 11.6 Å². The number of anilines is 1. The van der Waals surface area contributed by atoms with Crippen LogP contribution in [0.2, 0.25) is 5.02 Å². The highest BCUT2D eigenvalue weighted by Crippen LogP contribution is 2.39. The molecule has 3 aromatic carbocycles. The van der Waals surface area contributed by atoms with Crippen LogP contribution in [0.3, 0.4) is 0 Å². The molecule has 0 radical (unpaired) electrons. The number of carbonyl (C=O) groups is 2. The average Bonchev–Trinajstić information content (AvgIpc) is 3.27. The maximum absolute atomic E-state index is 14.0. The number of hydrogen-bond donors (Lipinski definition) is 3. The van der Waals surface area contributed by atoms with Gasteiger partial charge in [-0.15, -0.1) is 0 Å². The molecule has 1 aromatic heterocycles. The zero-order valence-electron chi connectivity index (χ0n) is 19.7. The van der Waals surface area contributed by atoms with Gasteiger partial charge in [0, 0.05) is 45.9 Å². The lowest BCUT2D eigenvalue weighted by atomic mass is 9.82. The number of amides is 2. The van der Waals surface area contributed by atoms with Gasteiger partial charge in [-0.25, -0.2) is 9.18 Å². The predicted octanol–water partition coefficient (Wildman–Crippen LogP) is 6.33. The van der Waals surface area contributed by atoms with E-state index in [0.717, 1.165) is 25.0 Å². The molecule has 1 fully saturated rings. The van der Waals surface area contributed by atoms with Crippen molar-refractivity contribution in [3.8, 4) is 17.0 Å². The molecule has 5 rings (SSSR count). The van der Waals surface area contributed by atoms with E-state index in [-0.39, 0.29) is 24.1 Å². The second-order valence-electron chi connectivity index (χ2n) is 8.94. The summed E-state index contributed by atoms with van der Waals surface area (Å²) in [4.78, 5) is 25.5. The standard InChI is InChI=1S/C28H24ClFN4O3/c29-20-10-8-18(9-11-20)27(36)32-21-12-13-22(26(35)14-21)24-15-25(17-5-3-6-17)34(33-24)28(37)31-16-19-4-1-2-7-23(19)30/h1-2,4,7-15,17,35H,3,5-6,16H2,(H,31,37)(H,32,36). The third kappa shape index (κ3) is 5.34. The van der Waals surface area contributed by atoms with Gasteiger partial charge in [0.25, 0.3) is 5.91 Å². The van der Waals surface area contributed by atoms with Gasteiger partial charge in [0.2, 0.25) is 0 Å². The molecule has 1 aliphatic rings. The van der Waals surface area contributed by atoms with Crippen LogP contribution in [0.25, 0.3) is 11.3 Å². The summed E-state index contributed by atoms with van der Waals surface area (Å²) in [5.41, 5.74) is 2.80. The van der Waals surface area contributed by atoms with E-state index in [4.69, 9.17) is 11.6 Å². The van der Waals surface area contributed by atoms with Gasteiger partial charge in [0.15, 0.2) is 0 Å². The predicted molar refractivity (Wildman–Crippen MR) is 139 cm³/mol. The van der Waals surface area contributed by atoms with Gasteiger partial charge in [0.1, 0.15) is 11.6 Å². The Labute approximate surface area is 217 Å². The Balaban J connectivity index is 1.36. The van der Waals surface area contributed by atoms with E-state index in [9.17, 15) is 19.1 Å². The zero-order valence-corrected chi connectivity index (χ0v) is 20.5. The van der Waals surface area contributed by atoms with E-state index in [0.29, 0.717) is 33.1 Å². The van der Waals surface area contributed by atoms with Crippen molar-refractivity contribution in [1.29, 1.82) is 0 Å². The van der Waals surface area contributed by atoms with E-state index in [1.165, 1.54) is 16.8 Å². The maximum atomic E-state index is 14.0. The first-order valence-electron chi connectivity index (χ1n) is 11.9. The third-order valence-electron chi connectivity index (χ3n) is 6.48. The van der Waals surface area contributed by atoms with Crippen molar-refractivity contribution >= 4 is 29.2 Å². The van der Waals surface area contributed by atoms with E-state index < -0.39 is 11.8 Å². The Bertz CT molecular complexity index is 1460. The van der Waals surface area contributed by atoms with Crippen LogP contribution in [0.15, 0.2) is 72.8 Å². The Morgan fingerprint density at radius 1 is 1.05 bits per heavy atom. The first kappa shape index (κ1) is 24.5. The number of aromatic nitrogens is 2. The quantitative estimate of drug-likeness (QED) is 0.278. The Hall–Kier alpha value is -4.17. The van der Waals surface area contributed by atoms with Crippen molar-refractivity contribution in [2.24, 2.45) is 0 Å². The van der Waals surface area contributed by atoms with Gasteiger partial charge < -0.3 is 15.7 Å². The Morgan fingerprint density at radius 3 is 2.49 bits per heavy atom. The summed E-state index contributed by atoms with van der Waals surface area (Å²) in [7, 11) is 0. The number of hydrogen-bond acceptors (Lipinski definition) is 4. The maximum Gasteiger partial charge on any atom is 0.342 e. The summed E-state index contributed by atoms with van der Waals surface area (Å²) < 4.78 is 15.3. The molecule has 1 heterocycles. The molecule has 9 heteroatoms.